The van der Waals surface area contributed by atoms with Crippen molar-refractivity contribution in [2.45, 2.75) is 26.9 Å². The number of ether oxygens (including phenoxy) is 1. The van der Waals surface area contributed by atoms with Crippen molar-refractivity contribution >= 4 is 0 Å². The molecule has 1 aliphatic heterocycles. The van der Waals surface area contributed by atoms with E-state index < -0.39 is 0 Å². The van der Waals surface area contributed by atoms with Crippen molar-refractivity contribution in [1.29, 1.82) is 0 Å². The predicted molar refractivity (Wildman–Crippen MR) is 58.1 cm³/mol. The minimum atomic E-state index is 0.316. The summed E-state index contributed by atoms with van der Waals surface area (Å²) in [6.45, 7) is 7.77. The molecule has 0 spiro atoms. The Morgan fingerprint density at radius 3 is 2.21 bits per heavy atom. The molecule has 0 N–H and O–H groups in total. The van der Waals surface area contributed by atoms with Gasteiger partial charge in [-0.05, 0) is 11.0 Å². The van der Waals surface area contributed by atoms with Gasteiger partial charge in [0.15, 0.2) is 0 Å². The van der Waals surface area contributed by atoms with Crippen LogP contribution in [0.5, 0.6) is 0 Å². The highest BCUT2D eigenvalue weighted by Crippen LogP contribution is 2.45. The molecule has 76 valence electrons. The van der Waals surface area contributed by atoms with E-state index in [0.29, 0.717) is 17.4 Å². The van der Waals surface area contributed by atoms with Crippen LogP contribution in [-0.4, -0.2) is 6.61 Å². The normalized spacial score (nSPS) is 27.1. The lowest BCUT2D eigenvalue weighted by atomic mass is 9.73. The van der Waals surface area contributed by atoms with E-state index in [0.717, 1.165) is 6.61 Å². The molecule has 0 aliphatic carbocycles. The van der Waals surface area contributed by atoms with Gasteiger partial charge < -0.3 is 4.74 Å². The molecule has 0 radical (unpaired) electrons. The first-order chi connectivity index (χ1) is 6.59. The fourth-order valence-electron chi connectivity index (χ4n) is 1.96. The van der Waals surface area contributed by atoms with Gasteiger partial charge in [0.05, 0.1) is 12.7 Å². The van der Waals surface area contributed by atoms with Gasteiger partial charge in [-0.15, -0.1) is 0 Å². The van der Waals surface area contributed by atoms with Crippen LogP contribution in [0.4, 0.5) is 0 Å². The van der Waals surface area contributed by atoms with Gasteiger partial charge in [0, 0.05) is 5.92 Å². The zero-order chi connectivity index (χ0) is 10.2. The van der Waals surface area contributed by atoms with Gasteiger partial charge in [0.2, 0.25) is 0 Å². The molecule has 2 atom stereocenters. The molecular formula is C13H18O. The average molecular weight is 190 g/mol. The van der Waals surface area contributed by atoms with E-state index in [2.05, 4.69) is 45.0 Å². The van der Waals surface area contributed by atoms with Gasteiger partial charge in [0.25, 0.3) is 0 Å². The van der Waals surface area contributed by atoms with E-state index in [1.54, 1.807) is 0 Å². The van der Waals surface area contributed by atoms with Crippen molar-refractivity contribution < 1.29 is 4.74 Å². The van der Waals surface area contributed by atoms with Crippen LogP contribution in [0.2, 0.25) is 0 Å². The van der Waals surface area contributed by atoms with Crippen molar-refractivity contribution in [3.63, 3.8) is 0 Å². The maximum atomic E-state index is 5.66. The number of benzene rings is 1. The minimum absolute atomic E-state index is 0.316. The lowest BCUT2D eigenvalue weighted by molar-refractivity contribution is -0.159. The predicted octanol–water partition coefficient (Wildman–Crippen LogP) is 3.42. The van der Waals surface area contributed by atoms with E-state index in [1.165, 1.54) is 5.56 Å². The minimum Gasteiger partial charge on any atom is -0.373 e. The van der Waals surface area contributed by atoms with Crippen LogP contribution in [0.25, 0.3) is 0 Å². The Morgan fingerprint density at radius 2 is 1.79 bits per heavy atom. The third-order valence-corrected chi connectivity index (χ3v) is 3.06. The van der Waals surface area contributed by atoms with Gasteiger partial charge >= 0.3 is 0 Å². The first kappa shape index (κ1) is 9.72. The molecule has 0 amide bonds. The molecule has 1 nitrogen and oxygen atoms in total. The Balaban J connectivity index is 2.15. The molecule has 14 heavy (non-hydrogen) atoms. The summed E-state index contributed by atoms with van der Waals surface area (Å²) < 4.78 is 5.66. The number of hydrogen-bond acceptors (Lipinski definition) is 1. The van der Waals surface area contributed by atoms with E-state index in [4.69, 9.17) is 4.74 Å². The number of rotatable bonds is 1. The van der Waals surface area contributed by atoms with Crippen LogP contribution in [-0.2, 0) is 4.74 Å². The molecule has 1 aromatic carbocycles. The highest BCUT2D eigenvalue weighted by molar-refractivity contribution is 5.20. The maximum absolute atomic E-state index is 5.66. The second-order valence-corrected chi connectivity index (χ2v) is 5.14. The molecule has 1 aromatic rings. The Hall–Kier alpha value is -0.820. The molecule has 1 heterocycles. The van der Waals surface area contributed by atoms with Crippen LogP contribution in [0.3, 0.4) is 0 Å². The van der Waals surface area contributed by atoms with Crippen molar-refractivity contribution in [3.05, 3.63) is 35.9 Å². The van der Waals surface area contributed by atoms with E-state index in [-0.39, 0.29) is 0 Å². The Morgan fingerprint density at radius 1 is 1.14 bits per heavy atom. The first-order valence-electron chi connectivity index (χ1n) is 5.25. The quantitative estimate of drug-likeness (QED) is 0.659. The summed E-state index contributed by atoms with van der Waals surface area (Å²) in [7, 11) is 0. The van der Waals surface area contributed by atoms with Crippen LogP contribution >= 0.6 is 0 Å². The molecule has 0 unspecified atom stereocenters. The lowest BCUT2D eigenvalue weighted by Crippen LogP contribution is -2.41. The van der Waals surface area contributed by atoms with Crippen LogP contribution < -0.4 is 0 Å². The van der Waals surface area contributed by atoms with Crippen LogP contribution in [0, 0.1) is 11.3 Å². The molecule has 0 bridgehead atoms. The van der Waals surface area contributed by atoms with Crippen molar-refractivity contribution in [3.8, 4) is 0 Å². The van der Waals surface area contributed by atoms with Crippen LogP contribution in [0.15, 0.2) is 30.3 Å². The fraction of sp³-hybridized carbons (Fsp3) is 0.538. The summed E-state index contributed by atoms with van der Waals surface area (Å²) in [6, 6.07) is 10.5. The molecule has 1 heteroatoms. The van der Waals surface area contributed by atoms with Crippen molar-refractivity contribution in [2.24, 2.45) is 11.3 Å². The van der Waals surface area contributed by atoms with E-state index in [1.807, 2.05) is 6.07 Å². The van der Waals surface area contributed by atoms with Crippen LogP contribution in [0.1, 0.15) is 32.4 Å². The maximum Gasteiger partial charge on any atom is 0.0880 e. The second-order valence-electron chi connectivity index (χ2n) is 5.14. The molecule has 1 aliphatic rings. The molecule has 1 saturated heterocycles. The monoisotopic (exact) mass is 190 g/mol. The molecule has 2 rings (SSSR count). The summed E-state index contributed by atoms with van der Waals surface area (Å²) in [4.78, 5) is 0. The van der Waals surface area contributed by atoms with Crippen molar-refractivity contribution in [1.82, 2.24) is 0 Å². The third kappa shape index (κ3) is 1.69. The molecule has 0 saturated carbocycles. The lowest BCUT2D eigenvalue weighted by Gasteiger charge is -2.45. The fourth-order valence-corrected chi connectivity index (χ4v) is 1.96. The summed E-state index contributed by atoms with van der Waals surface area (Å²) >= 11 is 0. The first-order valence-corrected chi connectivity index (χ1v) is 5.25. The third-order valence-electron chi connectivity index (χ3n) is 3.06. The highest BCUT2D eigenvalue weighted by atomic mass is 16.5. The largest absolute Gasteiger partial charge is 0.373 e. The Bertz CT molecular complexity index is 297. The second kappa shape index (κ2) is 3.39. The van der Waals surface area contributed by atoms with Gasteiger partial charge in [-0.3, -0.25) is 0 Å². The summed E-state index contributed by atoms with van der Waals surface area (Å²) in [5.41, 5.74) is 1.66. The Kier molecular flexibility index (Phi) is 2.36. The smallest absolute Gasteiger partial charge is 0.0880 e. The van der Waals surface area contributed by atoms with Gasteiger partial charge in [-0.1, -0.05) is 51.1 Å². The van der Waals surface area contributed by atoms with Crippen molar-refractivity contribution in [2.75, 3.05) is 6.61 Å². The zero-order valence-electron chi connectivity index (χ0n) is 9.16. The zero-order valence-corrected chi connectivity index (χ0v) is 9.16. The topological polar surface area (TPSA) is 9.23 Å². The van der Waals surface area contributed by atoms with E-state index >= 15 is 0 Å². The number of hydrogen-bond donors (Lipinski definition) is 0. The summed E-state index contributed by atoms with van der Waals surface area (Å²) in [5.74, 6) is 0.657. The summed E-state index contributed by atoms with van der Waals surface area (Å²) in [5, 5.41) is 0. The SMILES string of the molecule is CC(C)(C)[C@H]1CO[C@@H]1c1ccccc1. The molecule has 1 fully saturated rings. The highest BCUT2D eigenvalue weighted by Gasteiger charge is 2.41. The average Bonchev–Trinajstić information content (AvgIpc) is 2.00. The van der Waals surface area contributed by atoms with Gasteiger partial charge in [-0.25, -0.2) is 0 Å². The standard InChI is InChI=1S/C13H18O/c1-13(2,3)11-9-14-12(11)10-7-5-4-6-8-10/h4-8,11-12H,9H2,1-3H3/t11-,12+/m0/s1. The Labute approximate surface area is 86.1 Å². The summed E-state index contributed by atoms with van der Waals surface area (Å²) in [6.07, 6.45) is 0.316. The van der Waals surface area contributed by atoms with E-state index in [9.17, 15) is 0 Å². The van der Waals surface area contributed by atoms with Gasteiger partial charge in [-0.2, -0.15) is 0 Å². The molecule has 0 aromatic heterocycles. The molecular weight excluding hydrogens is 172 g/mol. The van der Waals surface area contributed by atoms with Gasteiger partial charge in [0.1, 0.15) is 0 Å².